The van der Waals surface area contributed by atoms with E-state index in [1.807, 2.05) is 29.7 Å². The van der Waals surface area contributed by atoms with Gasteiger partial charge in [-0.3, -0.25) is 10.2 Å². The molecule has 2 aromatic rings. The molecule has 0 saturated carbocycles. The van der Waals surface area contributed by atoms with Gasteiger partial charge in [0.2, 0.25) is 5.72 Å². The topological polar surface area (TPSA) is 61.8 Å². The number of alkyl halides is 2. The summed E-state index contributed by atoms with van der Waals surface area (Å²) in [6, 6.07) is 13.5. The molecule has 1 heterocycles. The standard InChI is InChI=1S/C22H22F4N2O3/c1-13(2)15-7-9-17(10-8-15)31-12-14-3-5-16(6-4-14)20(29)28-22(30,21(25)26)11-18(27-28)19(23)24/h3-10,13,21,27,30H,11-12H2,1-2H3. The van der Waals surface area contributed by atoms with Crippen molar-refractivity contribution in [2.45, 2.75) is 44.9 Å². The van der Waals surface area contributed by atoms with Crippen LogP contribution in [-0.4, -0.2) is 28.2 Å². The van der Waals surface area contributed by atoms with Crippen molar-refractivity contribution in [3.8, 4) is 5.75 Å². The molecule has 0 radical (unpaired) electrons. The number of nitrogens with zero attached hydrogens (tertiary/aromatic N) is 1. The first-order valence-electron chi connectivity index (χ1n) is 9.59. The number of hydrazine groups is 1. The van der Waals surface area contributed by atoms with Gasteiger partial charge in [0.15, 0.2) is 0 Å². The third-order valence-corrected chi connectivity index (χ3v) is 5.00. The molecule has 1 amide bonds. The molecule has 166 valence electrons. The van der Waals surface area contributed by atoms with E-state index in [0.717, 1.165) is 0 Å². The second kappa shape index (κ2) is 8.97. The number of nitrogens with one attached hydrogen (secondary N) is 1. The Bertz CT molecular complexity index is 958. The molecule has 1 fully saturated rings. The number of halogens is 4. The highest BCUT2D eigenvalue weighted by Crippen LogP contribution is 2.35. The highest BCUT2D eigenvalue weighted by Gasteiger charge is 2.53. The number of amides is 1. The van der Waals surface area contributed by atoms with Crippen molar-refractivity contribution in [1.29, 1.82) is 0 Å². The number of benzene rings is 2. The first kappa shape index (κ1) is 22.6. The van der Waals surface area contributed by atoms with Crippen molar-refractivity contribution < 1.29 is 32.2 Å². The van der Waals surface area contributed by atoms with Crippen LogP contribution >= 0.6 is 0 Å². The number of hydrogen-bond donors (Lipinski definition) is 2. The molecule has 9 heteroatoms. The number of carbonyl (C=O) groups excluding carboxylic acids is 1. The van der Waals surface area contributed by atoms with Crippen molar-refractivity contribution in [3.05, 3.63) is 77.0 Å². The van der Waals surface area contributed by atoms with Crippen LogP contribution in [0.3, 0.4) is 0 Å². The summed E-state index contributed by atoms with van der Waals surface area (Å²) in [6.07, 6.45) is -6.82. The van der Waals surface area contributed by atoms with Crippen LogP contribution in [0.5, 0.6) is 5.75 Å². The van der Waals surface area contributed by atoms with E-state index in [9.17, 15) is 27.5 Å². The van der Waals surface area contributed by atoms with Crippen molar-refractivity contribution in [2.24, 2.45) is 0 Å². The lowest BCUT2D eigenvalue weighted by Gasteiger charge is -2.31. The molecule has 2 aromatic carbocycles. The number of aliphatic hydroxyl groups is 1. The summed E-state index contributed by atoms with van der Waals surface area (Å²) < 4.78 is 58.0. The minimum atomic E-state index is -3.45. The van der Waals surface area contributed by atoms with Gasteiger partial charge < -0.3 is 9.84 Å². The van der Waals surface area contributed by atoms with E-state index in [-0.39, 0.29) is 17.2 Å². The average molecular weight is 438 g/mol. The Balaban J connectivity index is 1.69. The Morgan fingerprint density at radius 1 is 1.13 bits per heavy atom. The van der Waals surface area contributed by atoms with Gasteiger partial charge in [0, 0.05) is 5.56 Å². The van der Waals surface area contributed by atoms with Gasteiger partial charge in [0.1, 0.15) is 18.1 Å². The monoisotopic (exact) mass is 438 g/mol. The second-order valence-corrected chi connectivity index (χ2v) is 7.56. The molecule has 5 nitrogen and oxygen atoms in total. The van der Waals surface area contributed by atoms with E-state index < -0.39 is 36.3 Å². The number of carbonyl (C=O) groups is 1. The Labute approximate surface area is 176 Å². The normalized spacial score (nSPS) is 18.5. The van der Waals surface area contributed by atoms with Gasteiger partial charge in [-0.25, -0.2) is 13.8 Å². The highest BCUT2D eigenvalue weighted by atomic mass is 19.3. The fourth-order valence-electron chi connectivity index (χ4n) is 3.11. The van der Waals surface area contributed by atoms with Crippen LogP contribution < -0.4 is 10.2 Å². The summed E-state index contributed by atoms with van der Waals surface area (Å²) in [7, 11) is 0. The van der Waals surface area contributed by atoms with Gasteiger partial charge in [0.25, 0.3) is 18.4 Å². The molecule has 1 aliphatic heterocycles. The molecule has 3 rings (SSSR count). The van der Waals surface area contributed by atoms with Crippen molar-refractivity contribution in [2.75, 3.05) is 0 Å². The summed E-state index contributed by atoms with van der Waals surface area (Å²) in [5.74, 6) is 0.0103. The smallest absolute Gasteiger partial charge is 0.291 e. The largest absolute Gasteiger partial charge is 0.489 e. The third kappa shape index (κ3) is 4.82. The minimum absolute atomic E-state index is 0.0582. The Kier molecular flexibility index (Phi) is 6.54. The first-order valence-corrected chi connectivity index (χ1v) is 9.59. The molecule has 0 spiro atoms. The highest BCUT2D eigenvalue weighted by molar-refractivity contribution is 5.94. The fraction of sp³-hybridized carbons (Fsp3) is 0.318. The Morgan fingerprint density at radius 2 is 1.74 bits per heavy atom. The van der Waals surface area contributed by atoms with E-state index in [0.29, 0.717) is 17.2 Å². The molecule has 0 aliphatic carbocycles. The van der Waals surface area contributed by atoms with E-state index in [2.05, 4.69) is 13.8 Å². The average Bonchev–Trinajstić information content (AvgIpc) is 3.12. The van der Waals surface area contributed by atoms with Crippen molar-refractivity contribution in [1.82, 2.24) is 10.4 Å². The molecule has 0 aromatic heterocycles. The predicted molar refractivity (Wildman–Crippen MR) is 105 cm³/mol. The van der Waals surface area contributed by atoms with Gasteiger partial charge >= 0.3 is 0 Å². The van der Waals surface area contributed by atoms with Crippen LogP contribution in [0.15, 0.2) is 60.3 Å². The molecule has 1 aliphatic rings. The Hall–Kier alpha value is -3.07. The number of rotatable bonds is 6. The summed E-state index contributed by atoms with van der Waals surface area (Å²) >= 11 is 0. The lowest BCUT2D eigenvalue weighted by Crippen LogP contribution is -2.55. The maximum absolute atomic E-state index is 13.3. The van der Waals surface area contributed by atoms with Crippen LogP contribution in [0.2, 0.25) is 0 Å². The summed E-state index contributed by atoms with van der Waals surface area (Å²) in [5.41, 5.74) is -0.274. The van der Waals surface area contributed by atoms with Crippen LogP contribution in [0.1, 0.15) is 47.7 Å². The maximum atomic E-state index is 13.3. The van der Waals surface area contributed by atoms with Gasteiger partial charge in [-0.2, -0.15) is 8.78 Å². The first-order chi connectivity index (χ1) is 14.6. The lowest BCUT2D eigenvalue weighted by atomic mass is 10.0. The third-order valence-electron chi connectivity index (χ3n) is 5.00. The molecule has 1 unspecified atom stereocenters. The number of ether oxygens (including phenoxy) is 1. The fourth-order valence-corrected chi connectivity index (χ4v) is 3.11. The quantitative estimate of drug-likeness (QED) is 0.636. The summed E-state index contributed by atoms with van der Waals surface area (Å²) in [4.78, 5) is 12.6. The summed E-state index contributed by atoms with van der Waals surface area (Å²) in [6.45, 7) is 4.38. The van der Waals surface area contributed by atoms with Crippen LogP contribution in [0, 0.1) is 0 Å². The maximum Gasteiger partial charge on any atom is 0.291 e. The van der Waals surface area contributed by atoms with Crippen LogP contribution in [-0.2, 0) is 6.61 Å². The second-order valence-electron chi connectivity index (χ2n) is 7.56. The molecular weight excluding hydrogens is 416 g/mol. The van der Waals surface area contributed by atoms with E-state index in [4.69, 9.17) is 4.74 Å². The zero-order chi connectivity index (χ0) is 22.8. The van der Waals surface area contributed by atoms with Crippen LogP contribution in [0.25, 0.3) is 0 Å². The molecule has 1 saturated heterocycles. The van der Waals surface area contributed by atoms with E-state index in [1.165, 1.54) is 17.7 Å². The Morgan fingerprint density at radius 3 is 2.26 bits per heavy atom. The molecule has 1 atom stereocenters. The van der Waals surface area contributed by atoms with E-state index in [1.54, 1.807) is 12.1 Å². The van der Waals surface area contributed by atoms with Gasteiger partial charge in [-0.05, 0) is 41.3 Å². The molecular formula is C22H22F4N2O3. The van der Waals surface area contributed by atoms with Crippen LogP contribution in [0.4, 0.5) is 17.6 Å². The molecule has 31 heavy (non-hydrogen) atoms. The minimum Gasteiger partial charge on any atom is -0.489 e. The van der Waals surface area contributed by atoms with Crippen molar-refractivity contribution >= 4 is 5.91 Å². The van der Waals surface area contributed by atoms with Gasteiger partial charge in [-0.1, -0.05) is 38.1 Å². The molecule has 2 N–H and O–H groups in total. The van der Waals surface area contributed by atoms with Crippen molar-refractivity contribution in [3.63, 3.8) is 0 Å². The predicted octanol–water partition coefficient (Wildman–Crippen LogP) is 4.80. The zero-order valence-corrected chi connectivity index (χ0v) is 16.9. The lowest BCUT2D eigenvalue weighted by molar-refractivity contribution is -0.168. The van der Waals surface area contributed by atoms with E-state index >= 15 is 0 Å². The van der Waals surface area contributed by atoms with Gasteiger partial charge in [0.05, 0.1) is 6.42 Å². The molecule has 0 bridgehead atoms. The number of hydrogen-bond acceptors (Lipinski definition) is 4. The summed E-state index contributed by atoms with van der Waals surface area (Å²) in [5, 5.41) is 10.2. The zero-order valence-electron chi connectivity index (χ0n) is 16.9. The van der Waals surface area contributed by atoms with Gasteiger partial charge in [-0.15, -0.1) is 0 Å². The SMILES string of the molecule is CC(C)c1ccc(OCc2ccc(C(=O)N3NC(=C(F)F)CC3(O)C(F)F)cc2)cc1.